The number of sulfonamides is 1. The molecule has 8 heteroatoms. The van der Waals surface area contributed by atoms with Crippen molar-refractivity contribution in [2.75, 3.05) is 20.2 Å². The highest BCUT2D eigenvalue weighted by Gasteiger charge is 2.35. The van der Waals surface area contributed by atoms with Crippen LogP contribution in [0.5, 0.6) is 0 Å². The van der Waals surface area contributed by atoms with E-state index in [-0.39, 0.29) is 18.8 Å². The van der Waals surface area contributed by atoms with E-state index in [1.54, 1.807) is 30.1 Å². The Labute approximate surface area is 148 Å². The number of nitrogens with zero attached hydrogens (tertiary/aromatic N) is 3. The van der Waals surface area contributed by atoms with Gasteiger partial charge in [-0.1, -0.05) is 17.7 Å². The van der Waals surface area contributed by atoms with Crippen LogP contribution in [0.4, 0.5) is 0 Å². The molecule has 25 heavy (non-hydrogen) atoms. The Morgan fingerprint density at radius 1 is 1.28 bits per heavy atom. The SMILES string of the molecule is COCn1cc([C@@H]2CN(S(=O)(=O)c3ccc(C)cc3)C[C@H](C)O2)cn1. The number of rotatable bonds is 5. The number of benzene rings is 1. The number of morpholine rings is 1. The van der Waals surface area contributed by atoms with Gasteiger partial charge in [-0.3, -0.25) is 0 Å². The van der Waals surface area contributed by atoms with Crippen molar-refractivity contribution in [2.24, 2.45) is 0 Å². The third kappa shape index (κ3) is 3.92. The van der Waals surface area contributed by atoms with Crippen LogP contribution in [-0.2, 0) is 26.2 Å². The van der Waals surface area contributed by atoms with E-state index in [0.717, 1.165) is 11.1 Å². The second kappa shape index (κ2) is 7.25. The molecule has 7 nitrogen and oxygen atoms in total. The third-order valence-corrected chi connectivity index (χ3v) is 6.02. The van der Waals surface area contributed by atoms with E-state index >= 15 is 0 Å². The largest absolute Gasteiger partial charge is 0.368 e. The van der Waals surface area contributed by atoms with Crippen molar-refractivity contribution in [3.05, 3.63) is 47.8 Å². The molecule has 1 saturated heterocycles. The molecule has 0 saturated carbocycles. The Hall–Kier alpha value is -1.74. The van der Waals surface area contributed by atoms with Gasteiger partial charge in [0.25, 0.3) is 0 Å². The predicted octanol–water partition coefficient (Wildman–Crippen LogP) is 1.95. The Kier molecular flexibility index (Phi) is 5.24. The zero-order valence-corrected chi connectivity index (χ0v) is 15.4. The molecule has 0 spiro atoms. The molecule has 136 valence electrons. The molecule has 2 aromatic rings. The first-order valence-corrected chi connectivity index (χ1v) is 9.57. The van der Waals surface area contributed by atoms with Gasteiger partial charge in [0, 0.05) is 32.0 Å². The summed E-state index contributed by atoms with van der Waals surface area (Å²) in [6, 6.07) is 6.92. The van der Waals surface area contributed by atoms with Crippen LogP contribution in [0.3, 0.4) is 0 Å². The summed E-state index contributed by atoms with van der Waals surface area (Å²) in [4.78, 5) is 0.307. The van der Waals surface area contributed by atoms with Gasteiger partial charge in [0.1, 0.15) is 6.73 Å². The second-order valence-electron chi connectivity index (χ2n) is 6.30. The average Bonchev–Trinajstić information content (AvgIpc) is 3.04. The van der Waals surface area contributed by atoms with E-state index in [4.69, 9.17) is 9.47 Å². The van der Waals surface area contributed by atoms with Crippen LogP contribution in [0.25, 0.3) is 0 Å². The summed E-state index contributed by atoms with van der Waals surface area (Å²) >= 11 is 0. The third-order valence-electron chi connectivity index (χ3n) is 4.17. The van der Waals surface area contributed by atoms with Crippen molar-refractivity contribution in [1.29, 1.82) is 0 Å². The molecule has 0 radical (unpaired) electrons. The van der Waals surface area contributed by atoms with Gasteiger partial charge in [0.2, 0.25) is 10.0 Å². The zero-order valence-electron chi connectivity index (χ0n) is 14.6. The van der Waals surface area contributed by atoms with Crippen LogP contribution in [0.1, 0.15) is 24.2 Å². The van der Waals surface area contributed by atoms with Crippen LogP contribution in [0, 0.1) is 6.92 Å². The predicted molar refractivity (Wildman–Crippen MR) is 92.5 cm³/mol. The fourth-order valence-corrected chi connectivity index (χ4v) is 4.42. The maximum atomic E-state index is 13.0. The molecular formula is C17H23N3O4S. The summed E-state index contributed by atoms with van der Waals surface area (Å²) in [7, 11) is -1.96. The van der Waals surface area contributed by atoms with E-state index in [9.17, 15) is 8.42 Å². The van der Waals surface area contributed by atoms with Crippen molar-refractivity contribution in [3.63, 3.8) is 0 Å². The minimum absolute atomic E-state index is 0.204. The molecule has 1 aliphatic heterocycles. The minimum Gasteiger partial charge on any atom is -0.368 e. The van der Waals surface area contributed by atoms with Crippen LogP contribution in [-0.4, -0.2) is 48.8 Å². The minimum atomic E-state index is -3.55. The van der Waals surface area contributed by atoms with Gasteiger partial charge in [-0.05, 0) is 26.0 Å². The summed E-state index contributed by atoms with van der Waals surface area (Å²) in [5, 5.41) is 4.20. The molecule has 0 amide bonds. The van der Waals surface area contributed by atoms with Gasteiger partial charge >= 0.3 is 0 Å². The molecule has 2 atom stereocenters. The van der Waals surface area contributed by atoms with E-state index in [1.807, 2.05) is 32.2 Å². The summed E-state index contributed by atoms with van der Waals surface area (Å²) in [6.45, 7) is 4.75. The molecule has 0 aliphatic carbocycles. The van der Waals surface area contributed by atoms with Crippen LogP contribution >= 0.6 is 0 Å². The molecule has 1 fully saturated rings. The van der Waals surface area contributed by atoms with Crippen molar-refractivity contribution >= 4 is 10.0 Å². The first kappa shape index (κ1) is 18.1. The standard InChI is InChI=1S/C17H23N3O4S/c1-13-4-6-16(7-5-13)25(21,22)20-9-14(2)24-17(11-20)15-8-18-19(10-15)12-23-3/h4-8,10,14,17H,9,11-12H2,1-3H3/t14-,17-/m0/s1. The number of aromatic nitrogens is 2. The van der Waals surface area contributed by atoms with Crippen molar-refractivity contribution < 1.29 is 17.9 Å². The number of aryl methyl sites for hydroxylation is 1. The monoisotopic (exact) mass is 365 g/mol. The Bertz CT molecular complexity index is 817. The molecule has 1 aromatic carbocycles. The molecular weight excluding hydrogens is 342 g/mol. The molecule has 0 unspecified atom stereocenters. The van der Waals surface area contributed by atoms with E-state index < -0.39 is 10.0 Å². The maximum absolute atomic E-state index is 13.0. The molecule has 0 bridgehead atoms. The summed E-state index contributed by atoms with van der Waals surface area (Å²) in [5.74, 6) is 0. The second-order valence-corrected chi connectivity index (χ2v) is 8.24. The van der Waals surface area contributed by atoms with Gasteiger partial charge in [-0.15, -0.1) is 0 Å². The first-order chi connectivity index (χ1) is 11.9. The van der Waals surface area contributed by atoms with Crippen LogP contribution < -0.4 is 0 Å². The Balaban J connectivity index is 1.83. The van der Waals surface area contributed by atoms with Crippen molar-refractivity contribution in [3.8, 4) is 0 Å². The molecule has 1 aromatic heterocycles. The smallest absolute Gasteiger partial charge is 0.243 e. The molecule has 3 rings (SSSR count). The maximum Gasteiger partial charge on any atom is 0.243 e. The van der Waals surface area contributed by atoms with E-state index in [0.29, 0.717) is 18.2 Å². The molecule has 2 heterocycles. The first-order valence-electron chi connectivity index (χ1n) is 8.13. The summed E-state index contributed by atoms with van der Waals surface area (Å²) in [5.41, 5.74) is 1.87. The zero-order chi connectivity index (χ0) is 18.0. The lowest BCUT2D eigenvalue weighted by molar-refractivity contribution is -0.0558. The van der Waals surface area contributed by atoms with Gasteiger partial charge in [-0.25, -0.2) is 13.1 Å². The van der Waals surface area contributed by atoms with E-state index in [1.165, 1.54) is 4.31 Å². The number of ether oxygens (including phenoxy) is 2. The molecule has 0 N–H and O–H groups in total. The molecule has 1 aliphatic rings. The highest BCUT2D eigenvalue weighted by molar-refractivity contribution is 7.89. The van der Waals surface area contributed by atoms with Gasteiger partial charge in [0.05, 0.1) is 23.3 Å². The summed E-state index contributed by atoms with van der Waals surface area (Å²) in [6.07, 6.45) is 2.96. The van der Waals surface area contributed by atoms with Crippen molar-refractivity contribution in [2.45, 2.75) is 37.7 Å². The number of methoxy groups -OCH3 is 1. The lowest BCUT2D eigenvalue weighted by atomic mass is 10.1. The highest BCUT2D eigenvalue weighted by Crippen LogP contribution is 2.29. The van der Waals surface area contributed by atoms with Gasteiger partial charge < -0.3 is 9.47 Å². The van der Waals surface area contributed by atoms with Gasteiger partial charge in [0.15, 0.2) is 0 Å². The average molecular weight is 365 g/mol. The summed E-state index contributed by atoms with van der Waals surface area (Å²) < 4.78 is 40.0. The Morgan fingerprint density at radius 3 is 2.68 bits per heavy atom. The Morgan fingerprint density at radius 2 is 2.00 bits per heavy atom. The number of hydrogen-bond donors (Lipinski definition) is 0. The van der Waals surface area contributed by atoms with Gasteiger partial charge in [-0.2, -0.15) is 9.40 Å². The van der Waals surface area contributed by atoms with E-state index in [2.05, 4.69) is 5.10 Å². The fourth-order valence-electron chi connectivity index (χ4n) is 2.90. The fraction of sp³-hybridized carbons (Fsp3) is 0.471. The van der Waals surface area contributed by atoms with Crippen LogP contribution in [0.2, 0.25) is 0 Å². The topological polar surface area (TPSA) is 73.7 Å². The normalized spacial score (nSPS) is 22.2. The lowest BCUT2D eigenvalue weighted by Gasteiger charge is -2.35. The van der Waals surface area contributed by atoms with Crippen molar-refractivity contribution in [1.82, 2.24) is 14.1 Å². The quantitative estimate of drug-likeness (QED) is 0.810. The number of hydrogen-bond acceptors (Lipinski definition) is 5. The lowest BCUT2D eigenvalue weighted by Crippen LogP contribution is -2.45. The van der Waals surface area contributed by atoms with Crippen LogP contribution in [0.15, 0.2) is 41.6 Å². The highest BCUT2D eigenvalue weighted by atomic mass is 32.2.